The summed E-state index contributed by atoms with van der Waals surface area (Å²) in [4.78, 5) is 6.88. The summed E-state index contributed by atoms with van der Waals surface area (Å²) in [6.07, 6.45) is 2.53. The Kier molecular flexibility index (Phi) is 6.82. The Balaban J connectivity index is 1.05. The van der Waals surface area contributed by atoms with E-state index in [1.165, 1.54) is 29.2 Å². The summed E-state index contributed by atoms with van der Waals surface area (Å²) in [6.45, 7) is 2.26. The van der Waals surface area contributed by atoms with E-state index in [9.17, 15) is 0 Å². The van der Waals surface area contributed by atoms with Crippen LogP contribution in [0.1, 0.15) is 12.8 Å². The topological polar surface area (TPSA) is 90.3 Å². The quantitative estimate of drug-likeness (QED) is 0.199. The monoisotopic (exact) mass is 522 g/mol. The molecule has 5 aromatic rings. The smallest absolute Gasteiger partial charge is 0.231 e. The second-order valence-corrected chi connectivity index (χ2v) is 10.5. The molecule has 0 radical (unpaired) electrons. The van der Waals surface area contributed by atoms with E-state index in [0.717, 1.165) is 51.1 Å². The molecule has 6 rings (SSSR count). The minimum atomic E-state index is 0.634. The Hall–Kier alpha value is -4.15. The number of para-hydroxylation sites is 1. The van der Waals surface area contributed by atoms with E-state index in [2.05, 4.69) is 46.6 Å². The van der Waals surface area contributed by atoms with Gasteiger partial charge < -0.3 is 4.90 Å². The first-order chi connectivity index (χ1) is 18.3. The maximum atomic E-state index is 4.47. The van der Waals surface area contributed by atoms with Crippen LogP contribution in [0, 0.1) is 0 Å². The van der Waals surface area contributed by atoms with Gasteiger partial charge in [0.15, 0.2) is 0 Å². The van der Waals surface area contributed by atoms with Crippen molar-refractivity contribution in [3.63, 3.8) is 0 Å². The van der Waals surface area contributed by atoms with Gasteiger partial charge in [0.05, 0.1) is 38.0 Å². The van der Waals surface area contributed by atoms with Crippen molar-refractivity contribution in [3.8, 4) is 0 Å². The maximum absolute atomic E-state index is 4.47. The van der Waals surface area contributed by atoms with Crippen molar-refractivity contribution in [2.75, 3.05) is 18.0 Å². The summed E-state index contributed by atoms with van der Waals surface area (Å²) in [7, 11) is 0. The van der Waals surface area contributed by atoms with E-state index in [1.54, 1.807) is 11.3 Å². The second-order valence-electron chi connectivity index (χ2n) is 8.40. The molecule has 37 heavy (non-hydrogen) atoms. The first kappa shape index (κ1) is 23.3. The van der Waals surface area contributed by atoms with Crippen LogP contribution < -0.4 is 4.90 Å². The minimum absolute atomic E-state index is 0.634. The molecule has 0 saturated carbocycles. The van der Waals surface area contributed by atoms with Gasteiger partial charge in [-0.2, -0.15) is 10.2 Å². The molecule has 0 atom stereocenters. The number of anilines is 1. The molecular weight excluding hydrogens is 500 g/mol. The van der Waals surface area contributed by atoms with Crippen LogP contribution in [0.5, 0.6) is 0 Å². The van der Waals surface area contributed by atoms with Gasteiger partial charge in [0.25, 0.3) is 0 Å². The molecule has 0 bridgehead atoms. The summed E-state index contributed by atoms with van der Waals surface area (Å²) in [6, 6.07) is 27.1. The van der Waals surface area contributed by atoms with E-state index in [4.69, 9.17) is 0 Å². The van der Waals surface area contributed by atoms with Crippen LogP contribution in [-0.4, -0.2) is 18.1 Å². The fourth-order valence-corrected chi connectivity index (χ4v) is 5.54. The summed E-state index contributed by atoms with van der Waals surface area (Å²) in [5, 5.41) is 28.7. The van der Waals surface area contributed by atoms with Gasteiger partial charge >= 0.3 is 0 Å². The lowest BCUT2D eigenvalue weighted by atomic mass is 10.3. The van der Waals surface area contributed by atoms with E-state index >= 15 is 0 Å². The Bertz CT molecular complexity index is 1540. The molecule has 0 amide bonds. The van der Waals surface area contributed by atoms with Crippen molar-refractivity contribution >= 4 is 70.8 Å². The number of fused-ring (bicyclic) bond motifs is 1. The van der Waals surface area contributed by atoms with Gasteiger partial charge in [0.1, 0.15) is 5.00 Å². The Morgan fingerprint density at radius 2 is 1.14 bits per heavy atom. The highest BCUT2D eigenvalue weighted by Crippen LogP contribution is 2.35. The number of hydrogen-bond acceptors (Lipinski definition) is 10. The largest absolute Gasteiger partial charge is 0.363 e. The van der Waals surface area contributed by atoms with Crippen molar-refractivity contribution in [2.24, 2.45) is 30.7 Å². The van der Waals surface area contributed by atoms with Gasteiger partial charge in [0.2, 0.25) is 5.13 Å². The highest BCUT2D eigenvalue weighted by Gasteiger charge is 2.14. The molecule has 0 spiro atoms. The number of thiophene rings is 1. The Labute approximate surface area is 221 Å². The van der Waals surface area contributed by atoms with E-state index in [-0.39, 0.29) is 0 Å². The van der Waals surface area contributed by atoms with Crippen LogP contribution in [0.3, 0.4) is 0 Å². The average Bonchev–Trinajstić information content (AvgIpc) is 3.71. The standard InChI is InChI=1S/C27H22N8S2/c1-2-6-24-23(5-1)28-27(36-24)34-32-22-13-9-20(10-14-22)30-29-19-7-11-21(12-8-19)31-33-25-15-16-26(37-25)35-17-3-4-18-35/h1-2,5-16H,3-4,17-18H2. The van der Waals surface area contributed by atoms with Crippen molar-refractivity contribution < 1.29 is 0 Å². The lowest BCUT2D eigenvalue weighted by Gasteiger charge is -2.13. The van der Waals surface area contributed by atoms with Gasteiger partial charge in [-0.1, -0.05) is 34.8 Å². The second kappa shape index (κ2) is 10.9. The first-order valence-corrected chi connectivity index (χ1v) is 13.6. The van der Waals surface area contributed by atoms with Crippen LogP contribution in [0.25, 0.3) is 10.2 Å². The summed E-state index contributed by atoms with van der Waals surface area (Å²) >= 11 is 3.19. The van der Waals surface area contributed by atoms with Gasteiger partial charge in [-0.3, -0.25) is 0 Å². The molecule has 10 heteroatoms. The molecule has 2 aromatic heterocycles. The van der Waals surface area contributed by atoms with Crippen LogP contribution in [-0.2, 0) is 0 Å². The molecule has 1 fully saturated rings. The zero-order chi connectivity index (χ0) is 24.9. The molecule has 0 aliphatic carbocycles. The molecular formula is C27H22N8S2. The Morgan fingerprint density at radius 3 is 1.76 bits per heavy atom. The number of thiazole rings is 1. The lowest BCUT2D eigenvalue weighted by Crippen LogP contribution is -2.15. The van der Waals surface area contributed by atoms with Crippen LogP contribution in [0.2, 0.25) is 0 Å². The number of hydrogen-bond donors (Lipinski definition) is 0. The summed E-state index contributed by atoms with van der Waals surface area (Å²) in [5.41, 5.74) is 3.91. The van der Waals surface area contributed by atoms with Gasteiger partial charge in [-0.15, -0.1) is 20.5 Å². The molecule has 0 unspecified atom stereocenters. The van der Waals surface area contributed by atoms with Crippen LogP contribution in [0.4, 0.5) is 37.9 Å². The first-order valence-electron chi connectivity index (χ1n) is 11.9. The normalized spacial score (nSPS) is 14.2. The van der Waals surface area contributed by atoms with E-state index in [0.29, 0.717) is 5.13 Å². The molecule has 3 heterocycles. The number of azo groups is 3. The zero-order valence-electron chi connectivity index (χ0n) is 19.8. The number of aromatic nitrogens is 1. The maximum Gasteiger partial charge on any atom is 0.231 e. The fourth-order valence-electron chi connectivity index (χ4n) is 3.88. The average molecular weight is 523 g/mol. The molecule has 1 aliphatic heterocycles. The number of benzene rings is 3. The third-order valence-electron chi connectivity index (χ3n) is 5.77. The van der Waals surface area contributed by atoms with Crippen molar-refractivity contribution in [1.82, 2.24) is 4.98 Å². The minimum Gasteiger partial charge on any atom is -0.363 e. The van der Waals surface area contributed by atoms with Crippen molar-refractivity contribution in [3.05, 3.63) is 84.9 Å². The molecule has 182 valence electrons. The highest BCUT2D eigenvalue weighted by molar-refractivity contribution is 7.22. The number of rotatable bonds is 7. The fraction of sp³-hybridized carbons (Fsp3) is 0.148. The highest BCUT2D eigenvalue weighted by atomic mass is 32.1. The molecule has 3 aromatic carbocycles. The molecule has 1 aliphatic rings. The molecule has 0 N–H and O–H groups in total. The lowest BCUT2D eigenvalue weighted by molar-refractivity contribution is 0.949. The van der Waals surface area contributed by atoms with Crippen LogP contribution >= 0.6 is 22.7 Å². The predicted molar refractivity (Wildman–Crippen MR) is 151 cm³/mol. The molecule has 1 saturated heterocycles. The van der Waals surface area contributed by atoms with Gasteiger partial charge in [-0.25, -0.2) is 4.98 Å². The SMILES string of the molecule is c1ccc2sc(N=Nc3ccc(N=Nc4ccc(N=Nc5ccc(N6CCCC6)s5)cc4)cc3)nc2c1. The van der Waals surface area contributed by atoms with E-state index in [1.807, 2.05) is 78.9 Å². The van der Waals surface area contributed by atoms with Crippen molar-refractivity contribution in [2.45, 2.75) is 12.8 Å². The summed E-state index contributed by atoms with van der Waals surface area (Å²) in [5.74, 6) is 0. The van der Waals surface area contributed by atoms with Crippen molar-refractivity contribution in [1.29, 1.82) is 0 Å². The van der Waals surface area contributed by atoms with Crippen LogP contribution in [0.15, 0.2) is 116 Å². The van der Waals surface area contributed by atoms with Gasteiger partial charge in [0, 0.05) is 13.1 Å². The van der Waals surface area contributed by atoms with E-state index < -0.39 is 0 Å². The Morgan fingerprint density at radius 1 is 0.568 bits per heavy atom. The third kappa shape index (κ3) is 5.82. The summed E-state index contributed by atoms with van der Waals surface area (Å²) < 4.78 is 1.09. The zero-order valence-corrected chi connectivity index (χ0v) is 21.4. The third-order valence-corrected chi connectivity index (χ3v) is 7.72. The van der Waals surface area contributed by atoms with Gasteiger partial charge in [-0.05, 0) is 85.6 Å². The predicted octanol–water partition coefficient (Wildman–Crippen LogP) is 10.2. The molecule has 8 nitrogen and oxygen atoms in total. The number of nitrogens with zero attached hydrogens (tertiary/aromatic N) is 8.